The zero-order valence-corrected chi connectivity index (χ0v) is 13.7. The number of piperazine rings is 1. The molecule has 1 amide bonds. The van der Waals surface area contributed by atoms with Gasteiger partial charge in [-0.15, -0.1) is 0 Å². The van der Waals surface area contributed by atoms with E-state index in [1.54, 1.807) is 11.8 Å². The van der Waals surface area contributed by atoms with E-state index in [9.17, 15) is 4.79 Å². The molecule has 122 valence electrons. The maximum Gasteiger partial charge on any atom is 0.274 e. The number of amides is 1. The first kappa shape index (κ1) is 15.6. The Morgan fingerprint density at radius 3 is 2.74 bits per heavy atom. The Hall–Kier alpha value is -2.34. The van der Waals surface area contributed by atoms with Crippen LogP contribution in [0.1, 0.15) is 23.1 Å². The van der Waals surface area contributed by atoms with Crippen LogP contribution in [-0.2, 0) is 0 Å². The van der Waals surface area contributed by atoms with Crippen molar-refractivity contribution in [3.63, 3.8) is 0 Å². The second-order valence-electron chi connectivity index (χ2n) is 5.89. The number of nitrogens with one attached hydrogen (secondary N) is 1. The zero-order valence-electron chi connectivity index (χ0n) is 13.7. The van der Waals surface area contributed by atoms with E-state index < -0.39 is 0 Å². The van der Waals surface area contributed by atoms with Crippen molar-refractivity contribution >= 4 is 5.91 Å². The zero-order chi connectivity index (χ0) is 16.4. The lowest BCUT2D eigenvalue weighted by molar-refractivity contribution is 0.0702. The summed E-state index contributed by atoms with van der Waals surface area (Å²) in [7, 11) is 1.64. The fraction of sp³-hybridized carbons (Fsp3) is 0.412. The minimum Gasteiger partial charge on any atom is -0.497 e. The molecule has 1 atom stereocenters. The normalized spacial score (nSPS) is 18.0. The second-order valence-corrected chi connectivity index (χ2v) is 5.89. The number of hydrogen-bond acceptors (Lipinski definition) is 4. The van der Waals surface area contributed by atoms with Crippen LogP contribution in [0.25, 0.3) is 5.69 Å². The Balaban J connectivity index is 1.83. The van der Waals surface area contributed by atoms with Gasteiger partial charge in [-0.2, -0.15) is 5.10 Å². The summed E-state index contributed by atoms with van der Waals surface area (Å²) in [4.78, 5) is 14.5. The number of aromatic nitrogens is 2. The van der Waals surface area contributed by atoms with Crippen LogP contribution < -0.4 is 10.1 Å². The van der Waals surface area contributed by atoms with E-state index in [0.717, 1.165) is 30.2 Å². The van der Waals surface area contributed by atoms with Gasteiger partial charge < -0.3 is 15.0 Å². The van der Waals surface area contributed by atoms with Crippen LogP contribution >= 0.6 is 0 Å². The van der Waals surface area contributed by atoms with Gasteiger partial charge in [-0.3, -0.25) is 4.79 Å². The fourth-order valence-corrected chi connectivity index (χ4v) is 2.84. The van der Waals surface area contributed by atoms with Gasteiger partial charge in [0.05, 0.1) is 12.8 Å². The average Bonchev–Trinajstić information content (AvgIpc) is 2.96. The smallest absolute Gasteiger partial charge is 0.274 e. The molecule has 1 saturated heterocycles. The quantitative estimate of drug-likeness (QED) is 0.935. The Kier molecular flexibility index (Phi) is 4.34. The van der Waals surface area contributed by atoms with Gasteiger partial charge in [0.2, 0.25) is 0 Å². The van der Waals surface area contributed by atoms with Gasteiger partial charge in [0.25, 0.3) is 5.91 Å². The second kappa shape index (κ2) is 6.42. The molecule has 1 aromatic carbocycles. The molecular weight excluding hydrogens is 292 g/mol. The predicted octanol–water partition coefficient (Wildman–Crippen LogP) is 1.62. The summed E-state index contributed by atoms with van der Waals surface area (Å²) < 4.78 is 6.96. The van der Waals surface area contributed by atoms with Crippen molar-refractivity contribution in [1.82, 2.24) is 20.0 Å². The van der Waals surface area contributed by atoms with Crippen molar-refractivity contribution in [3.05, 3.63) is 41.7 Å². The number of rotatable bonds is 3. The molecule has 0 spiro atoms. The van der Waals surface area contributed by atoms with Crippen molar-refractivity contribution in [3.8, 4) is 11.4 Å². The highest BCUT2D eigenvalue weighted by Gasteiger charge is 2.24. The first-order valence-corrected chi connectivity index (χ1v) is 7.82. The molecule has 1 fully saturated rings. The molecule has 2 aromatic rings. The highest BCUT2D eigenvalue weighted by molar-refractivity contribution is 5.92. The third-order valence-electron chi connectivity index (χ3n) is 4.08. The monoisotopic (exact) mass is 314 g/mol. The van der Waals surface area contributed by atoms with E-state index >= 15 is 0 Å². The van der Waals surface area contributed by atoms with Crippen molar-refractivity contribution in [2.45, 2.75) is 19.9 Å². The fourth-order valence-electron chi connectivity index (χ4n) is 2.84. The SMILES string of the molecule is COc1ccc(-n2nc(C(=O)N3CCN[C@H](C)C3)cc2C)cc1. The lowest BCUT2D eigenvalue weighted by Gasteiger charge is -2.31. The summed E-state index contributed by atoms with van der Waals surface area (Å²) >= 11 is 0. The third kappa shape index (κ3) is 3.22. The largest absolute Gasteiger partial charge is 0.497 e. The Morgan fingerprint density at radius 1 is 1.35 bits per heavy atom. The standard InChI is InChI=1S/C17H22N4O2/c1-12-11-20(9-8-18-12)17(22)16-10-13(2)21(19-16)14-4-6-15(23-3)7-5-14/h4-7,10,12,18H,8-9,11H2,1-3H3/t12-/m1/s1. The van der Waals surface area contributed by atoms with Gasteiger partial charge in [0.1, 0.15) is 5.75 Å². The summed E-state index contributed by atoms with van der Waals surface area (Å²) in [6.45, 7) is 6.30. The van der Waals surface area contributed by atoms with Crippen molar-refractivity contribution in [2.75, 3.05) is 26.7 Å². The lowest BCUT2D eigenvalue weighted by atomic mass is 10.2. The van der Waals surface area contributed by atoms with Gasteiger partial charge >= 0.3 is 0 Å². The molecule has 0 unspecified atom stereocenters. The van der Waals surface area contributed by atoms with E-state index in [4.69, 9.17) is 4.74 Å². The molecular formula is C17H22N4O2. The van der Waals surface area contributed by atoms with Crippen molar-refractivity contribution < 1.29 is 9.53 Å². The number of nitrogens with zero attached hydrogens (tertiary/aromatic N) is 3. The average molecular weight is 314 g/mol. The number of hydrogen-bond donors (Lipinski definition) is 1. The van der Waals surface area contributed by atoms with Crippen LogP contribution in [0.5, 0.6) is 5.75 Å². The van der Waals surface area contributed by atoms with Gasteiger partial charge in [-0.1, -0.05) is 0 Å². The number of aryl methyl sites for hydroxylation is 1. The molecule has 0 bridgehead atoms. The third-order valence-corrected chi connectivity index (χ3v) is 4.08. The van der Waals surface area contributed by atoms with E-state index in [2.05, 4.69) is 17.3 Å². The molecule has 2 heterocycles. The minimum atomic E-state index is -0.00582. The Morgan fingerprint density at radius 2 is 2.09 bits per heavy atom. The van der Waals surface area contributed by atoms with Gasteiger partial charge in [-0.05, 0) is 44.2 Å². The van der Waals surface area contributed by atoms with E-state index in [1.165, 1.54) is 0 Å². The molecule has 0 aliphatic carbocycles. The first-order valence-electron chi connectivity index (χ1n) is 7.82. The van der Waals surface area contributed by atoms with Crippen LogP contribution in [0.2, 0.25) is 0 Å². The summed E-state index contributed by atoms with van der Waals surface area (Å²) in [5, 5.41) is 7.84. The molecule has 1 aliphatic heterocycles. The number of methoxy groups -OCH3 is 1. The van der Waals surface area contributed by atoms with Crippen LogP contribution in [0.3, 0.4) is 0 Å². The Labute approximate surface area is 136 Å². The molecule has 6 heteroatoms. The summed E-state index contributed by atoms with van der Waals surface area (Å²) in [5.41, 5.74) is 2.34. The molecule has 6 nitrogen and oxygen atoms in total. The minimum absolute atomic E-state index is 0.00582. The van der Waals surface area contributed by atoms with Crippen LogP contribution in [-0.4, -0.2) is 53.4 Å². The van der Waals surface area contributed by atoms with E-state index in [-0.39, 0.29) is 5.91 Å². The summed E-state index contributed by atoms with van der Waals surface area (Å²) in [6, 6.07) is 9.79. The number of benzene rings is 1. The van der Waals surface area contributed by atoms with Crippen molar-refractivity contribution in [1.29, 1.82) is 0 Å². The van der Waals surface area contributed by atoms with Crippen LogP contribution in [0.15, 0.2) is 30.3 Å². The van der Waals surface area contributed by atoms with Gasteiger partial charge in [0, 0.05) is 31.4 Å². The molecule has 0 radical (unpaired) electrons. The van der Waals surface area contributed by atoms with Crippen LogP contribution in [0.4, 0.5) is 0 Å². The molecule has 1 N–H and O–H groups in total. The number of ether oxygens (including phenoxy) is 1. The Bertz CT molecular complexity index is 693. The van der Waals surface area contributed by atoms with Crippen LogP contribution in [0, 0.1) is 6.92 Å². The van der Waals surface area contributed by atoms with Crippen molar-refractivity contribution in [2.24, 2.45) is 0 Å². The topological polar surface area (TPSA) is 59.4 Å². The van der Waals surface area contributed by atoms with E-state index in [0.29, 0.717) is 18.3 Å². The van der Waals surface area contributed by atoms with E-state index in [1.807, 2.05) is 42.2 Å². The molecule has 1 aliphatic rings. The van der Waals surface area contributed by atoms with Gasteiger partial charge in [0.15, 0.2) is 5.69 Å². The number of carbonyl (C=O) groups excluding carboxylic acids is 1. The summed E-state index contributed by atoms with van der Waals surface area (Å²) in [5.74, 6) is 0.790. The molecule has 1 aromatic heterocycles. The maximum absolute atomic E-state index is 12.6. The molecule has 0 saturated carbocycles. The highest BCUT2D eigenvalue weighted by Crippen LogP contribution is 2.17. The summed E-state index contributed by atoms with van der Waals surface area (Å²) in [6.07, 6.45) is 0. The lowest BCUT2D eigenvalue weighted by Crippen LogP contribution is -2.51. The molecule has 23 heavy (non-hydrogen) atoms. The van der Waals surface area contributed by atoms with Gasteiger partial charge in [-0.25, -0.2) is 4.68 Å². The predicted molar refractivity (Wildman–Crippen MR) is 88.2 cm³/mol. The number of carbonyl (C=O) groups is 1. The first-order chi connectivity index (χ1) is 11.1. The maximum atomic E-state index is 12.6. The molecule has 3 rings (SSSR count). The highest BCUT2D eigenvalue weighted by atomic mass is 16.5.